The van der Waals surface area contributed by atoms with Gasteiger partial charge in [0.05, 0.1) is 11.7 Å². The lowest BCUT2D eigenvalue weighted by Crippen LogP contribution is -2.51. The Balaban J connectivity index is 1.33. The van der Waals surface area contributed by atoms with Gasteiger partial charge in [0.2, 0.25) is 15.9 Å². The molecular formula is C21H24N2O3S. The fourth-order valence-electron chi connectivity index (χ4n) is 3.50. The van der Waals surface area contributed by atoms with Crippen LogP contribution in [0.25, 0.3) is 11.1 Å². The molecule has 2 fully saturated rings. The first-order chi connectivity index (χ1) is 13.0. The highest BCUT2D eigenvalue weighted by Gasteiger charge is 2.41. The summed E-state index contributed by atoms with van der Waals surface area (Å²) in [6.07, 6.45) is 1.91. The van der Waals surface area contributed by atoms with Crippen molar-refractivity contribution in [1.82, 2.24) is 9.21 Å². The number of hydrogen-bond acceptors (Lipinski definition) is 3. The fourth-order valence-corrected chi connectivity index (χ4v) is 5.33. The second-order valence-corrected chi connectivity index (χ2v) is 9.48. The molecule has 0 N–H and O–H groups in total. The van der Waals surface area contributed by atoms with Gasteiger partial charge in [-0.05, 0) is 29.5 Å². The number of nitrogens with zero attached hydrogens (tertiary/aromatic N) is 2. The molecule has 1 saturated heterocycles. The van der Waals surface area contributed by atoms with Crippen LogP contribution in [0.15, 0.2) is 54.6 Å². The molecule has 0 unspecified atom stereocenters. The summed E-state index contributed by atoms with van der Waals surface area (Å²) < 4.78 is 26.1. The molecular weight excluding hydrogens is 360 g/mol. The first-order valence-electron chi connectivity index (χ1n) is 9.45. The average Bonchev–Trinajstić information content (AvgIpc) is 3.55. The third-order valence-corrected chi connectivity index (χ3v) is 7.71. The van der Waals surface area contributed by atoms with Crippen molar-refractivity contribution >= 4 is 15.9 Å². The Morgan fingerprint density at radius 1 is 0.852 bits per heavy atom. The van der Waals surface area contributed by atoms with Gasteiger partial charge in [-0.2, -0.15) is 4.31 Å². The average molecular weight is 385 g/mol. The van der Waals surface area contributed by atoms with E-state index >= 15 is 0 Å². The lowest BCUT2D eigenvalue weighted by molar-refractivity contribution is -0.131. The topological polar surface area (TPSA) is 57.7 Å². The Bertz CT molecular complexity index is 898. The standard InChI is InChI=1S/C21H24N2O3S/c24-21(22-12-14-23(15-13-22)27(25,26)20-10-11-20)16-17-6-8-19(9-7-17)18-4-2-1-3-5-18/h1-9,20H,10-16H2. The summed E-state index contributed by atoms with van der Waals surface area (Å²) in [5.41, 5.74) is 3.27. The van der Waals surface area contributed by atoms with Crippen LogP contribution in [0.3, 0.4) is 0 Å². The van der Waals surface area contributed by atoms with Crippen LogP contribution in [-0.2, 0) is 21.2 Å². The lowest BCUT2D eigenvalue weighted by atomic mass is 10.0. The maximum Gasteiger partial charge on any atom is 0.227 e. The van der Waals surface area contributed by atoms with Crippen LogP contribution in [0.5, 0.6) is 0 Å². The van der Waals surface area contributed by atoms with Crippen LogP contribution in [0, 0.1) is 0 Å². The zero-order valence-corrected chi connectivity index (χ0v) is 16.1. The van der Waals surface area contributed by atoms with Crippen molar-refractivity contribution in [2.24, 2.45) is 0 Å². The molecule has 1 aliphatic carbocycles. The van der Waals surface area contributed by atoms with E-state index in [9.17, 15) is 13.2 Å². The van der Waals surface area contributed by atoms with Gasteiger partial charge in [0.1, 0.15) is 0 Å². The van der Waals surface area contributed by atoms with Crippen LogP contribution < -0.4 is 0 Å². The molecule has 142 valence electrons. The highest BCUT2D eigenvalue weighted by atomic mass is 32.2. The Kier molecular flexibility index (Phi) is 5.02. The third kappa shape index (κ3) is 4.06. The number of carbonyl (C=O) groups is 1. The highest BCUT2D eigenvalue weighted by Crippen LogP contribution is 2.31. The Morgan fingerprint density at radius 3 is 2.04 bits per heavy atom. The molecule has 2 aromatic rings. The van der Waals surface area contributed by atoms with Gasteiger partial charge in [0.25, 0.3) is 0 Å². The Morgan fingerprint density at radius 2 is 1.44 bits per heavy atom. The number of piperazine rings is 1. The van der Waals surface area contributed by atoms with Crippen molar-refractivity contribution in [2.75, 3.05) is 26.2 Å². The summed E-state index contributed by atoms with van der Waals surface area (Å²) in [6, 6.07) is 18.2. The second kappa shape index (κ2) is 7.44. The fraction of sp³-hybridized carbons (Fsp3) is 0.381. The molecule has 27 heavy (non-hydrogen) atoms. The summed E-state index contributed by atoms with van der Waals surface area (Å²) >= 11 is 0. The van der Waals surface area contributed by atoms with E-state index in [1.165, 1.54) is 0 Å². The van der Waals surface area contributed by atoms with Gasteiger partial charge in [-0.1, -0.05) is 54.6 Å². The molecule has 2 aromatic carbocycles. The largest absolute Gasteiger partial charge is 0.340 e. The maximum absolute atomic E-state index is 12.6. The zero-order valence-electron chi connectivity index (χ0n) is 15.3. The molecule has 0 radical (unpaired) electrons. The number of rotatable bonds is 5. The minimum absolute atomic E-state index is 0.0610. The SMILES string of the molecule is O=C(Cc1ccc(-c2ccccc2)cc1)N1CCN(S(=O)(=O)C2CC2)CC1. The van der Waals surface area contributed by atoms with Gasteiger partial charge in [-0.15, -0.1) is 0 Å². The van der Waals surface area contributed by atoms with Gasteiger partial charge in [0.15, 0.2) is 0 Å². The molecule has 0 aromatic heterocycles. The van der Waals surface area contributed by atoms with Gasteiger partial charge in [0, 0.05) is 26.2 Å². The van der Waals surface area contributed by atoms with E-state index in [2.05, 4.69) is 12.1 Å². The van der Waals surface area contributed by atoms with E-state index in [-0.39, 0.29) is 11.2 Å². The molecule has 1 heterocycles. The first kappa shape index (κ1) is 18.2. The second-order valence-electron chi connectivity index (χ2n) is 7.26. The minimum atomic E-state index is -3.13. The lowest BCUT2D eigenvalue weighted by Gasteiger charge is -2.34. The Labute approximate surface area is 160 Å². The molecule has 6 heteroatoms. The molecule has 0 spiro atoms. The third-order valence-electron chi connectivity index (χ3n) is 5.31. The van der Waals surface area contributed by atoms with Crippen molar-refractivity contribution in [3.8, 4) is 11.1 Å². The molecule has 0 bridgehead atoms. The first-order valence-corrected chi connectivity index (χ1v) is 11.0. The summed E-state index contributed by atoms with van der Waals surface area (Å²) in [7, 11) is -3.13. The predicted octanol–water partition coefficient (Wildman–Crippen LogP) is 2.53. The van der Waals surface area contributed by atoms with Crippen molar-refractivity contribution in [3.05, 3.63) is 60.2 Å². The zero-order chi connectivity index (χ0) is 18.9. The molecule has 5 nitrogen and oxygen atoms in total. The summed E-state index contributed by atoms with van der Waals surface area (Å²) in [5, 5.41) is -0.178. The van der Waals surface area contributed by atoms with Gasteiger partial charge in [-0.25, -0.2) is 8.42 Å². The number of benzene rings is 2. The van der Waals surface area contributed by atoms with Crippen LogP contribution in [0.2, 0.25) is 0 Å². The monoisotopic (exact) mass is 384 g/mol. The summed E-state index contributed by atoms with van der Waals surface area (Å²) in [4.78, 5) is 14.4. The number of hydrogen-bond donors (Lipinski definition) is 0. The van der Waals surface area contributed by atoms with Gasteiger partial charge >= 0.3 is 0 Å². The minimum Gasteiger partial charge on any atom is -0.340 e. The number of sulfonamides is 1. The molecule has 2 aliphatic rings. The molecule has 1 amide bonds. The van der Waals surface area contributed by atoms with E-state index in [0.717, 1.165) is 29.5 Å². The number of amides is 1. The molecule has 4 rings (SSSR count). The highest BCUT2D eigenvalue weighted by molar-refractivity contribution is 7.90. The Hall–Kier alpha value is -2.18. The van der Waals surface area contributed by atoms with E-state index in [1.54, 1.807) is 9.21 Å². The van der Waals surface area contributed by atoms with Crippen LogP contribution in [0.4, 0.5) is 0 Å². The van der Waals surface area contributed by atoms with Gasteiger partial charge in [-0.3, -0.25) is 4.79 Å². The normalized spacial score (nSPS) is 18.4. The smallest absolute Gasteiger partial charge is 0.227 e. The van der Waals surface area contributed by atoms with E-state index in [1.807, 2.05) is 42.5 Å². The summed E-state index contributed by atoms with van der Waals surface area (Å²) in [5.74, 6) is 0.0610. The van der Waals surface area contributed by atoms with E-state index in [4.69, 9.17) is 0 Å². The number of carbonyl (C=O) groups excluding carboxylic acids is 1. The summed E-state index contributed by atoms with van der Waals surface area (Å²) in [6.45, 7) is 1.79. The quantitative estimate of drug-likeness (QED) is 0.796. The predicted molar refractivity (Wildman–Crippen MR) is 106 cm³/mol. The van der Waals surface area contributed by atoms with Crippen molar-refractivity contribution in [1.29, 1.82) is 0 Å². The maximum atomic E-state index is 12.6. The molecule has 0 atom stereocenters. The van der Waals surface area contributed by atoms with Crippen molar-refractivity contribution in [2.45, 2.75) is 24.5 Å². The van der Waals surface area contributed by atoms with Gasteiger partial charge < -0.3 is 4.90 Å². The van der Waals surface area contributed by atoms with E-state index in [0.29, 0.717) is 32.6 Å². The van der Waals surface area contributed by atoms with Crippen LogP contribution in [-0.4, -0.2) is 55.0 Å². The molecule has 1 saturated carbocycles. The van der Waals surface area contributed by atoms with E-state index < -0.39 is 10.0 Å². The van der Waals surface area contributed by atoms with Crippen LogP contribution >= 0.6 is 0 Å². The van der Waals surface area contributed by atoms with Crippen LogP contribution in [0.1, 0.15) is 18.4 Å². The van der Waals surface area contributed by atoms with Crippen molar-refractivity contribution in [3.63, 3.8) is 0 Å². The molecule has 1 aliphatic heterocycles. The van der Waals surface area contributed by atoms with Crippen molar-refractivity contribution < 1.29 is 13.2 Å².